The Bertz CT molecular complexity index is 2320. The van der Waals surface area contributed by atoms with Crippen molar-refractivity contribution in [2.24, 2.45) is 5.92 Å². The number of amides is 3. The van der Waals surface area contributed by atoms with Gasteiger partial charge in [-0.1, -0.05) is 74.4 Å². The van der Waals surface area contributed by atoms with Gasteiger partial charge < -0.3 is 39.5 Å². The predicted octanol–water partition coefficient (Wildman–Crippen LogP) is 6.28. The molecule has 0 saturated carbocycles. The summed E-state index contributed by atoms with van der Waals surface area (Å²) < 4.78 is 56.0. The fraction of sp³-hybridized carbons (Fsp3) is 0.692. The van der Waals surface area contributed by atoms with E-state index in [2.05, 4.69) is 58.9 Å². The zero-order valence-corrected chi connectivity index (χ0v) is 48.4. The van der Waals surface area contributed by atoms with E-state index in [4.69, 9.17) is 15.3 Å². The second-order valence-corrected chi connectivity index (χ2v) is 21.2. The van der Waals surface area contributed by atoms with Crippen molar-refractivity contribution in [1.82, 2.24) is 34.8 Å². The molecule has 2 aliphatic rings. The van der Waals surface area contributed by atoms with E-state index in [1.807, 2.05) is 32.0 Å². The number of carbonyl (C=O) groups excluding carboxylic acids is 3. The first-order valence-corrected chi connectivity index (χ1v) is 28.5. The van der Waals surface area contributed by atoms with Crippen molar-refractivity contribution in [2.45, 2.75) is 131 Å². The zero-order chi connectivity index (χ0) is 58.3. The minimum Gasteiger partial charge on any atom is -0.481 e. The lowest BCUT2D eigenvalue weighted by molar-refractivity contribution is -0.139. The summed E-state index contributed by atoms with van der Waals surface area (Å²) in [6.45, 7) is 21.5. The van der Waals surface area contributed by atoms with Crippen molar-refractivity contribution in [3.8, 4) is 11.8 Å². The number of benzene rings is 1. The Morgan fingerprint density at radius 1 is 0.883 bits per heavy atom. The standard InChI is InChI=1S/C33H47F2N8O6PS.C11H23NO2.C5H10O2.C3H6O2/c1-4-9-41(10-5-2)22-31(45)42-15-13-40(14-16-42)12-6-11-39(3)28-17-26-25(7-8-37-27(26)18-29(28)49-51(35,47)48)32(46)38-21-30(44)43-23-33(34,50)19-24(43)20-36;1-4-7-12(9-11(13)14)8-6-10(3)5-2;1-2-3-4-5(6)7;1-2-3(4)5/h7-8,17-18,24H,4-6,9-16,19,21-23,50H2,1-3H3,(H,38,46);10H,4-9H2,1-3H3,(H,13,14);2-4H2,1H3,(H,6,7);2H2,1H3,(H,4,5). The number of aromatic nitrogens is 1. The van der Waals surface area contributed by atoms with Crippen LogP contribution in [-0.4, -0.2) is 199 Å². The van der Waals surface area contributed by atoms with Gasteiger partial charge in [0.25, 0.3) is 5.91 Å². The van der Waals surface area contributed by atoms with Crippen molar-refractivity contribution >= 4 is 72.0 Å². The minimum atomic E-state index is -5.40. The average molecular weight is 1130 g/mol. The second-order valence-electron chi connectivity index (χ2n) is 19.3. The molecule has 0 radical (unpaired) electrons. The van der Waals surface area contributed by atoms with Crippen LogP contribution in [0.3, 0.4) is 0 Å². The molecule has 77 heavy (non-hydrogen) atoms. The first-order valence-electron chi connectivity index (χ1n) is 26.6. The third kappa shape index (κ3) is 28.2. The van der Waals surface area contributed by atoms with E-state index in [0.717, 1.165) is 82.7 Å². The van der Waals surface area contributed by atoms with E-state index >= 15 is 0 Å². The molecule has 0 spiro atoms. The first kappa shape index (κ1) is 69.7. The van der Waals surface area contributed by atoms with E-state index in [9.17, 15) is 50.7 Å². The molecule has 2 aliphatic heterocycles. The van der Waals surface area contributed by atoms with Gasteiger partial charge in [-0.3, -0.25) is 48.5 Å². The average Bonchev–Trinajstić information content (AvgIpc) is 3.70. The van der Waals surface area contributed by atoms with Crippen LogP contribution < -0.4 is 14.4 Å². The van der Waals surface area contributed by atoms with Gasteiger partial charge in [-0.2, -0.15) is 13.7 Å². The van der Waals surface area contributed by atoms with Crippen LogP contribution in [0.25, 0.3) is 10.9 Å². The summed E-state index contributed by atoms with van der Waals surface area (Å²) in [5.74, 6) is -2.93. The molecule has 3 heterocycles. The van der Waals surface area contributed by atoms with Crippen LogP contribution in [-0.2, 0) is 34.5 Å². The predicted molar refractivity (Wildman–Crippen MR) is 295 cm³/mol. The number of anilines is 1. The van der Waals surface area contributed by atoms with Crippen LogP contribution in [0.4, 0.5) is 14.0 Å². The summed E-state index contributed by atoms with van der Waals surface area (Å²) >= 11 is 0. The molecule has 2 saturated heterocycles. The number of carboxylic acid groups (broad SMARTS) is 3. The smallest absolute Gasteiger partial charge is 0.481 e. The van der Waals surface area contributed by atoms with Gasteiger partial charge >= 0.3 is 28.4 Å². The summed E-state index contributed by atoms with van der Waals surface area (Å²) in [4.78, 5) is 84.0. The monoisotopic (exact) mass is 1130 g/mol. The number of carbonyl (C=O) groups is 6. The minimum absolute atomic E-state index is 0.0983. The highest BCUT2D eigenvalue weighted by Gasteiger charge is 2.43. The van der Waals surface area contributed by atoms with Gasteiger partial charge in [0.05, 0.1) is 49.0 Å². The van der Waals surface area contributed by atoms with Crippen LogP contribution in [0, 0.1) is 17.2 Å². The molecule has 4 unspecified atom stereocenters. The summed E-state index contributed by atoms with van der Waals surface area (Å²) in [5, 5.41) is 34.8. The largest absolute Gasteiger partial charge is 0.488 e. The van der Waals surface area contributed by atoms with Gasteiger partial charge in [0, 0.05) is 76.7 Å². The van der Waals surface area contributed by atoms with E-state index in [1.54, 1.807) is 18.9 Å². The number of unbranched alkanes of at least 4 members (excludes halogenated alkanes) is 1. The normalized spacial score (nSPS) is 16.7. The molecule has 3 amide bonds. The molecule has 4 rings (SSSR count). The van der Waals surface area contributed by atoms with E-state index < -0.39 is 58.2 Å². The Hall–Kier alpha value is -5.34. The molecule has 1 aromatic heterocycles. The molecule has 2 aromatic rings. The fourth-order valence-corrected chi connectivity index (χ4v) is 9.00. The maximum atomic E-state index is 14.5. The molecular formula is C52H86F2N9O12PS. The Morgan fingerprint density at radius 3 is 1.97 bits per heavy atom. The molecule has 2 fully saturated rings. The fourth-order valence-electron chi connectivity index (χ4n) is 8.23. The van der Waals surface area contributed by atoms with Crippen LogP contribution >= 0.6 is 9.24 Å². The SMILES string of the molecule is CCC(=O)O.CCCCC(=O)O.CCCN(CCC(C)CC)CC(=O)O.CCCN(CCC)CC(=O)N1CCN(CCCN(C)c2cc3c(C(=O)NCC(=O)N4CC(F)(P)CC4C#N)ccnc3cc2OS(=O)(=O)F)CC1. The molecular weight excluding hydrogens is 1040 g/mol. The van der Waals surface area contributed by atoms with Gasteiger partial charge in [-0.05, 0) is 89.3 Å². The molecule has 0 bridgehead atoms. The second kappa shape index (κ2) is 36.7. The molecule has 4 N–H and O–H groups in total. The molecule has 4 atom stereocenters. The van der Waals surface area contributed by atoms with Gasteiger partial charge in [0.1, 0.15) is 11.5 Å². The topological polar surface area (TPSA) is 275 Å². The van der Waals surface area contributed by atoms with Crippen LogP contribution in [0.1, 0.15) is 129 Å². The lowest BCUT2D eigenvalue weighted by Gasteiger charge is -2.36. The van der Waals surface area contributed by atoms with Crippen molar-refractivity contribution in [3.05, 3.63) is 30.0 Å². The highest BCUT2D eigenvalue weighted by molar-refractivity contribution is 7.81. The number of likely N-dealkylation sites (tertiary alicyclic amines) is 1. The number of hydrogen-bond donors (Lipinski definition) is 4. The van der Waals surface area contributed by atoms with Crippen LogP contribution in [0.15, 0.2) is 24.4 Å². The van der Waals surface area contributed by atoms with E-state index in [0.29, 0.717) is 51.5 Å². The summed E-state index contributed by atoms with van der Waals surface area (Å²) in [7, 11) is -1.71. The molecule has 25 heteroatoms. The highest BCUT2D eigenvalue weighted by atomic mass is 32.3. The lowest BCUT2D eigenvalue weighted by atomic mass is 10.1. The summed E-state index contributed by atoms with van der Waals surface area (Å²) in [5.41, 5.74) is 0.426. The van der Waals surface area contributed by atoms with Crippen molar-refractivity contribution < 1.29 is 65.0 Å². The maximum Gasteiger partial charge on any atom is 0.488 e. The highest BCUT2D eigenvalue weighted by Crippen LogP contribution is 2.37. The number of hydrogen-bond acceptors (Lipinski definition) is 15. The molecule has 1 aromatic carbocycles. The van der Waals surface area contributed by atoms with Gasteiger partial charge in [-0.15, -0.1) is 0 Å². The third-order valence-corrected chi connectivity index (χ3v) is 13.4. The number of alkyl halides is 1. The molecule has 0 aliphatic carbocycles. The van der Waals surface area contributed by atoms with Crippen molar-refractivity contribution in [2.75, 3.05) is 104 Å². The number of fused-ring (bicyclic) bond motifs is 1. The van der Waals surface area contributed by atoms with Gasteiger partial charge in [0.2, 0.25) is 11.8 Å². The number of nitriles is 1. The number of halogens is 2. The van der Waals surface area contributed by atoms with E-state index in [1.165, 1.54) is 30.8 Å². The Labute approximate surface area is 457 Å². The number of carboxylic acids is 3. The van der Waals surface area contributed by atoms with Gasteiger partial charge in [-0.25, -0.2) is 4.39 Å². The number of pyridine rings is 1. The molecule has 21 nitrogen and oxygen atoms in total. The first-order chi connectivity index (χ1) is 36.3. The van der Waals surface area contributed by atoms with Gasteiger partial charge in [0.15, 0.2) is 5.75 Å². The third-order valence-electron chi connectivity index (χ3n) is 12.6. The Balaban J connectivity index is 0.000000933. The maximum absolute atomic E-state index is 14.5. The van der Waals surface area contributed by atoms with E-state index in [-0.39, 0.29) is 59.7 Å². The van der Waals surface area contributed by atoms with Crippen molar-refractivity contribution in [3.63, 3.8) is 0 Å². The van der Waals surface area contributed by atoms with Crippen molar-refractivity contribution in [1.29, 1.82) is 5.26 Å². The zero-order valence-electron chi connectivity index (χ0n) is 46.5. The lowest BCUT2D eigenvalue weighted by Crippen LogP contribution is -2.51. The van der Waals surface area contributed by atoms with Crippen LogP contribution in [0.5, 0.6) is 5.75 Å². The Kier molecular flexibility index (Phi) is 33.2. The quantitative estimate of drug-likeness (QED) is 0.0539. The summed E-state index contributed by atoms with van der Waals surface area (Å²) in [6.07, 6.45) is 9.37. The number of nitrogens with one attached hydrogen (secondary N) is 1. The Morgan fingerprint density at radius 2 is 1.48 bits per heavy atom. The molecule has 436 valence electrons. The van der Waals surface area contributed by atoms with Crippen LogP contribution in [0.2, 0.25) is 0 Å². The summed E-state index contributed by atoms with van der Waals surface area (Å²) in [6, 6.07) is 5.06. The number of rotatable bonds is 28. The number of aliphatic carboxylic acids is 3. The number of piperazine rings is 1. The number of nitrogens with zero attached hydrogens (tertiary/aromatic N) is 8.